The van der Waals surface area contributed by atoms with Gasteiger partial charge in [0.25, 0.3) is 0 Å². The van der Waals surface area contributed by atoms with E-state index in [1.807, 2.05) is 0 Å². The number of benzene rings is 1. The molecule has 0 bridgehead atoms. The maximum absolute atomic E-state index is 9.40. The second kappa shape index (κ2) is 4.35. The molecule has 0 heterocycles. The van der Waals surface area contributed by atoms with E-state index < -0.39 is 6.10 Å². The summed E-state index contributed by atoms with van der Waals surface area (Å²) in [5.74, 6) is 0.139. The van der Waals surface area contributed by atoms with Crippen LogP contribution in [0.1, 0.15) is 29.5 Å². The number of hydrogen-bond acceptors (Lipinski definition) is 3. The molecule has 2 N–H and O–H groups in total. The summed E-state index contributed by atoms with van der Waals surface area (Å²) in [6, 6.07) is 6.09. The summed E-state index contributed by atoms with van der Waals surface area (Å²) in [5, 5.41) is 21.6. The Morgan fingerprint density at radius 3 is 2.69 bits per heavy atom. The number of aliphatic hydroxyl groups excluding tert-OH is 1. The number of rotatable bonds is 3. The summed E-state index contributed by atoms with van der Waals surface area (Å²) in [6.45, 7) is 0.00127. The second-order valence-corrected chi connectivity index (χ2v) is 2.52. The van der Waals surface area contributed by atoms with E-state index in [9.17, 15) is 5.11 Å². The lowest BCUT2D eigenvalue weighted by atomic mass is 10.1. The molecule has 0 aliphatic heterocycles. The summed E-state index contributed by atoms with van der Waals surface area (Å²) in [6.07, 6.45) is -0.809. The maximum atomic E-state index is 9.40. The van der Waals surface area contributed by atoms with Gasteiger partial charge in [-0.15, -0.1) is 0 Å². The number of nitrogens with zero attached hydrogens (tertiary/aromatic N) is 3. The number of phenols is 1. The van der Waals surface area contributed by atoms with E-state index in [-0.39, 0.29) is 12.3 Å². The van der Waals surface area contributed by atoms with Crippen LogP contribution in [0.3, 0.4) is 0 Å². The Morgan fingerprint density at radius 2 is 2.15 bits per heavy atom. The average molecular weight is 203 g/mol. The first-order valence-corrected chi connectivity index (χ1v) is 3.72. The van der Waals surface area contributed by atoms with Gasteiger partial charge in [-0.3, -0.25) is 0 Å². The molecule has 0 radical (unpaired) electrons. The summed E-state index contributed by atoms with van der Waals surface area (Å²) < 4.78 is 60.0. The van der Waals surface area contributed by atoms with Crippen molar-refractivity contribution in [2.45, 2.75) is 6.10 Å². The van der Waals surface area contributed by atoms with Crippen LogP contribution in [0.2, 0.25) is 0 Å². The van der Waals surface area contributed by atoms with E-state index in [2.05, 4.69) is 10.0 Å². The van der Waals surface area contributed by atoms with Crippen LogP contribution in [0.5, 0.6) is 5.75 Å². The quantitative estimate of drug-likeness (QED) is 0.448. The molecule has 0 aromatic heterocycles. The zero-order chi connectivity index (χ0) is 21.7. The van der Waals surface area contributed by atoms with Gasteiger partial charge < -0.3 is 10.2 Å². The van der Waals surface area contributed by atoms with Gasteiger partial charge in [0, 0.05) is 22.7 Å². The Hall–Kier alpha value is -1.71. The van der Waals surface area contributed by atoms with Gasteiger partial charge in [-0.05, 0) is 23.2 Å². The van der Waals surface area contributed by atoms with Crippen molar-refractivity contribution in [2.24, 2.45) is 5.11 Å². The minimum absolute atomic E-state index is 0.00127. The lowest BCUT2D eigenvalue weighted by Crippen LogP contribution is -1.99. The van der Waals surface area contributed by atoms with Gasteiger partial charge in [0.15, 0.2) is 0 Å². The van der Waals surface area contributed by atoms with Crippen molar-refractivity contribution in [1.82, 2.24) is 0 Å². The fourth-order valence-corrected chi connectivity index (χ4v) is 0.916. The molecule has 13 heavy (non-hydrogen) atoms. The highest BCUT2D eigenvalue weighted by molar-refractivity contribution is 5.27. The molecule has 80 valence electrons. The first-order chi connectivity index (χ1) is 12.2. The summed E-state index contributed by atoms with van der Waals surface area (Å²) >= 11 is 0. The van der Waals surface area contributed by atoms with Gasteiger partial charge in [-0.1, -0.05) is 17.2 Å². The van der Waals surface area contributed by atoms with E-state index in [0.717, 1.165) is 0 Å². The fourth-order valence-electron chi connectivity index (χ4n) is 0.916. The van der Waals surface area contributed by atoms with Crippen LogP contribution in [0, 0.1) is 0 Å². The predicted octanol–water partition coefficient (Wildman–Crippen LogP) is 3.21. The third-order valence-corrected chi connectivity index (χ3v) is 1.60. The fraction of sp³-hybridized carbons (Fsp3) is 0.250. The molecule has 1 rings (SSSR count). The molecule has 0 fully saturated rings. The molecule has 0 spiro atoms. The molecule has 5 heteroatoms. The third-order valence-electron chi connectivity index (χ3n) is 1.60. The first kappa shape index (κ1) is 4.00. The topological polar surface area (TPSA) is 89.2 Å². The van der Waals surface area contributed by atoms with Crippen molar-refractivity contribution in [2.75, 3.05) is 6.54 Å². The Kier molecular flexibility index (Phi) is 1.34. The van der Waals surface area contributed by atoms with Gasteiger partial charge in [0.05, 0.1) is 12.6 Å². The molecule has 1 aromatic rings. The number of aromatic hydroxyl groups is 1. The standard InChI is InChI=1S/C8H9N3O2.6H2/c9-11-10-5-8(13)6-1-3-7(12)4-2-6;;;;;;/h1-4,8,12-13H,5H2;6*1H/i;6*1+1D. The van der Waals surface area contributed by atoms with Crippen LogP contribution in [0.25, 0.3) is 10.4 Å². The Morgan fingerprint density at radius 1 is 1.54 bits per heavy atom. The SMILES string of the molecule is [2H][2H].[2H][2H].[2H][2H].[2H][2H].[2H][2H].[2H][2H].[N-]=[N+]=NCC(O)c1ccc(O)cc1. The number of phenolic OH excluding ortho intramolecular Hbond substituents is 1. The highest BCUT2D eigenvalue weighted by Gasteiger charge is 2.04. The first-order valence-electron chi connectivity index (χ1n) is 9.72. The monoisotopic (exact) mass is 203 g/mol. The lowest BCUT2D eigenvalue weighted by Gasteiger charge is -2.06. The molecule has 0 amide bonds. The molecule has 1 atom stereocenters. The van der Waals surface area contributed by atoms with Crippen molar-refractivity contribution >= 4 is 0 Å². The van der Waals surface area contributed by atoms with Crippen LogP contribution in [0.4, 0.5) is 0 Å². The average Bonchev–Trinajstić information content (AvgIpc) is 2.75. The molecular weight excluding hydrogens is 170 g/mol. The van der Waals surface area contributed by atoms with Crippen molar-refractivity contribution in [3.05, 3.63) is 40.3 Å². The van der Waals surface area contributed by atoms with Crippen LogP contribution in [0.15, 0.2) is 29.4 Å². The molecule has 5 nitrogen and oxygen atoms in total. The van der Waals surface area contributed by atoms with Crippen LogP contribution in [-0.4, -0.2) is 16.8 Å². The van der Waals surface area contributed by atoms with Crippen molar-refractivity contribution in [1.29, 1.82) is 0 Å². The molecule has 1 aromatic carbocycles. The normalized spacial score (nSPS) is 15.5. The smallest absolute Gasteiger partial charge is 0.115 e. The maximum Gasteiger partial charge on any atom is 0.115 e. The molecular formula is C8H21N3O2. The Labute approximate surface area is 93.4 Å². The Balaban J connectivity index is -0.0000000638. The summed E-state index contributed by atoms with van der Waals surface area (Å²) in [5.41, 5.74) is 8.63. The van der Waals surface area contributed by atoms with Crippen molar-refractivity contribution in [3.8, 4) is 5.75 Å². The Bertz CT molecular complexity index is 342. The van der Waals surface area contributed by atoms with E-state index in [1.165, 1.54) is 12.1 Å². The molecule has 0 aliphatic carbocycles. The van der Waals surface area contributed by atoms with Gasteiger partial charge in [-0.2, -0.15) is 0 Å². The van der Waals surface area contributed by atoms with Gasteiger partial charge in [-0.25, -0.2) is 0 Å². The minimum atomic E-state index is -0.809. The lowest BCUT2D eigenvalue weighted by molar-refractivity contribution is 0.186. The van der Waals surface area contributed by atoms with E-state index in [4.69, 9.17) is 28.5 Å². The number of hydrogen-bond donors (Lipinski definition) is 2. The molecule has 0 aliphatic rings. The van der Waals surface area contributed by atoms with E-state index in [1.54, 1.807) is 12.1 Å². The minimum Gasteiger partial charge on any atom is -0.508 e. The van der Waals surface area contributed by atoms with Crippen LogP contribution in [-0.2, 0) is 0 Å². The van der Waals surface area contributed by atoms with Crippen LogP contribution < -0.4 is 0 Å². The summed E-state index contributed by atoms with van der Waals surface area (Å²) in [4.78, 5) is 2.53. The van der Waals surface area contributed by atoms with E-state index in [0.29, 0.717) is 5.56 Å². The van der Waals surface area contributed by atoms with Crippen molar-refractivity contribution < 1.29 is 28.0 Å². The molecule has 0 saturated heterocycles. The molecule has 1 unspecified atom stereocenters. The van der Waals surface area contributed by atoms with Crippen LogP contribution >= 0.6 is 0 Å². The predicted molar refractivity (Wildman–Crippen MR) is 59.8 cm³/mol. The highest BCUT2D eigenvalue weighted by atomic mass is 16.3. The molecule has 0 saturated carbocycles. The number of aliphatic hydroxyl groups is 1. The summed E-state index contributed by atoms with van der Waals surface area (Å²) in [7, 11) is 0. The van der Waals surface area contributed by atoms with Gasteiger partial charge >= 0.3 is 0 Å². The number of azide groups is 1. The third kappa shape index (κ3) is 2.66. The largest absolute Gasteiger partial charge is 0.508 e. The van der Waals surface area contributed by atoms with E-state index >= 15 is 0 Å². The van der Waals surface area contributed by atoms with Crippen molar-refractivity contribution in [3.63, 3.8) is 0 Å². The highest BCUT2D eigenvalue weighted by Crippen LogP contribution is 2.16. The van der Waals surface area contributed by atoms with Gasteiger partial charge in [0.2, 0.25) is 0 Å². The zero-order valence-electron chi connectivity index (χ0n) is 18.8. The van der Waals surface area contributed by atoms with Gasteiger partial charge in [0.1, 0.15) is 5.75 Å². The second-order valence-electron chi connectivity index (χ2n) is 2.52. The zero-order valence-corrected chi connectivity index (χ0v) is 6.83.